The lowest BCUT2D eigenvalue weighted by Crippen LogP contribution is -2.41. The van der Waals surface area contributed by atoms with Gasteiger partial charge in [-0.2, -0.15) is 0 Å². The summed E-state index contributed by atoms with van der Waals surface area (Å²) >= 11 is 0. The molecule has 2 rings (SSSR count). The standard InChI is InChI=1S/C17H28N6O3S.HI/c1-5-15-14(16(6-2)26-22-15)11-20-17(18-3)19-8-9-21-27(24,25)13-7-10-23(4)12-13;/h7,10,12,21H,5-6,8-9,11H2,1-4H3,(H2,18,19,20);1H. The third-order valence-corrected chi connectivity index (χ3v) is 5.53. The van der Waals surface area contributed by atoms with E-state index in [1.54, 1.807) is 37.1 Å². The van der Waals surface area contributed by atoms with E-state index in [0.717, 1.165) is 29.9 Å². The maximum absolute atomic E-state index is 12.2. The second-order valence-electron chi connectivity index (χ2n) is 6.00. The topological polar surface area (TPSA) is 114 Å². The zero-order valence-corrected chi connectivity index (χ0v) is 19.8. The fourth-order valence-electron chi connectivity index (χ4n) is 2.62. The van der Waals surface area contributed by atoms with E-state index in [1.807, 2.05) is 13.8 Å². The maximum atomic E-state index is 12.2. The van der Waals surface area contributed by atoms with Crippen molar-refractivity contribution in [2.75, 3.05) is 20.1 Å². The third kappa shape index (κ3) is 6.48. The molecule has 11 heteroatoms. The highest BCUT2D eigenvalue weighted by molar-refractivity contribution is 14.0. The average molecular weight is 524 g/mol. The SMILES string of the molecule is CCc1noc(CC)c1CNC(=NC)NCCNS(=O)(=O)c1ccn(C)c1.I. The van der Waals surface area contributed by atoms with Gasteiger partial charge in [0.1, 0.15) is 5.76 Å². The lowest BCUT2D eigenvalue weighted by molar-refractivity contribution is 0.380. The highest BCUT2D eigenvalue weighted by Crippen LogP contribution is 2.15. The Hall–Kier alpha value is -1.60. The first-order valence-corrected chi connectivity index (χ1v) is 10.4. The maximum Gasteiger partial charge on any atom is 0.242 e. The van der Waals surface area contributed by atoms with Crippen LogP contribution in [0.15, 0.2) is 32.9 Å². The molecule has 0 saturated carbocycles. The average Bonchev–Trinajstić information content (AvgIpc) is 3.27. The Morgan fingerprint density at radius 2 is 2.00 bits per heavy atom. The van der Waals surface area contributed by atoms with Gasteiger partial charge in [-0.1, -0.05) is 19.0 Å². The summed E-state index contributed by atoms with van der Waals surface area (Å²) in [6, 6.07) is 1.56. The number of halogens is 1. The molecule has 0 bridgehead atoms. The molecule has 3 N–H and O–H groups in total. The largest absolute Gasteiger partial charge is 0.361 e. The van der Waals surface area contributed by atoms with Crippen LogP contribution in [0.2, 0.25) is 0 Å². The van der Waals surface area contributed by atoms with Gasteiger partial charge < -0.3 is 19.7 Å². The van der Waals surface area contributed by atoms with Gasteiger partial charge in [0.2, 0.25) is 10.0 Å². The minimum atomic E-state index is -3.50. The fraction of sp³-hybridized carbons (Fsp3) is 0.529. The van der Waals surface area contributed by atoms with Gasteiger partial charge in [-0.3, -0.25) is 4.99 Å². The summed E-state index contributed by atoms with van der Waals surface area (Å²) in [4.78, 5) is 4.41. The van der Waals surface area contributed by atoms with Crippen LogP contribution in [0, 0.1) is 0 Å². The molecule has 2 heterocycles. The molecule has 0 unspecified atom stereocenters. The van der Waals surface area contributed by atoms with Gasteiger partial charge >= 0.3 is 0 Å². The number of hydrogen-bond donors (Lipinski definition) is 3. The summed E-state index contributed by atoms with van der Waals surface area (Å²) in [5, 5.41) is 10.4. The molecular formula is C17H29IN6O3S. The molecule has 28 heavy (non-hydrogen) atoms. The van der Waals surface area contributed by atoms with Crippen LogP contribution in [0.1, 0.15) is 30.9 Å². The first kappa shape index (κ1) is 24.4. The van der Waals surface area contributed by atoms with Crippen LogP contribution in [0.25, 0.3) is 0 Å². The van der Waals surface area contributed by atoms with Gasteiger partial charge in [-0.15, -0.1) is 24.0 Å². The smallest absolute Gasteiger partial charge is 0.242 e. The van der Waals surface area contributed by atoms with E-state index >= 15 is 0 Å². The Labute approximate surface area is 183 Å². The van der Waals surface area contributed by atoms with E-state index < -0.39 is 10.0 Å². The van der Waals surface area contributed by atoms with E-state index in [0.29, 0.717) is 19.0 Å². The van der Waals surface area contributed by atoms with E-state index in [4.69, 9.17) is 4.52 Å². The Kier molecular flexibility index (Phi) is 9.96. The molecule has 0 radical (unpaired) electrons. The number of sulfonamides is 1. The normalized spacial score (nSPS) is 11.9. The molecule has 0 aliphatic rings. The first-order valence-electron chi connectivity index (χ1n) is 8.93. The van der Waals surface area contributed by atoms with Crippen LogP contribution < -0.4 is 15.4 Å². The van der Waals surface area contributed by atoms with Crippen LogP contribution in [0.3, 0.4) is 0 Å². The second kappa shape index (κ2) is 11.4. The van der Waals surface area contributed by atoms with Crippen molar-refractivity contribution in [1.29, 1.82) is 0 Å². The van der Waals surface area contributed by atoms with Crippen molar-refractivity contribution in [2.45, 2.75) is 38.1 Å². The molecule has 0 amide bonds. The molecule has 0 aromatic carbocycles. The monoisotopic (exact) mass is 524 g/mol. The molecule has 0 aliphatic carbocycles. The number of guanidine groups is 1. The van der Waals surface area contributed by atoms with E-state index in [-0.39, 0.29) is 35.4 Å². The lowest BCUT2D eigenvalue weighted by atomic mass is 10.1. The summed E-state index contributed by atoms with van der Waals surface area (Å²) in [6.07, 6.45) is 4.83. The number of nitrogens with one attached hydrogen (secondary N) is 3. The molecule has 2 aromatic heterocycles. The van der Waals surface area contributed by atoms with Crippen molar-refractivity contribution in [3.05, 3.63) is 35.5 Å². The number of nitrogens with zero attached hydrogens (tertiary/aromatic N) is 3. The predicted octanol–water partition coefficient (Wildman–Crippen LogP) is 1.40. The van der Waals surface area contributed by atoms with E-state index in [2.05, 4.69) is 25.5 Å². The minimum Gasteiger partial charge on any atom is -0.361 e. The van der Waals surface area contributed by atoms with Crippen molar-refractivity contribution < 1.29 is 12.9 Å². The van der Waals surface area contributed by atoms with Gasteiger partial charge in [0, 0.05) is 58.1 Å². The Morgan fingerprint density at radius 3 is 2.57 bits per heavy atom. The van der Waals surface area contributed by atoms with Gasteiger partial charge in [0.25, 0.3) is 0 Å². The van der Waals surface area contributed by atoms with Crippen molar-refractivity contribution in [3.63, 3.8) is 0 Å². The molecule has 9 nitrogen and oxygen atoms in total. The van der Waals surface area contributed by atoms with Crippen LogP contribution >= 0.6 is 24.0 Å². The van der Waals surface area contributed by atoms with Crippen LogP contribution in [-0.2, 0) is 36.5 Å². The first-order chi connectivity index (χ1) is 12.9. The van der Waals surface area contributed by atoms with Crippen LogP contribution in [0.4, 0.5) is 0 Å². The van der Waals surface area contributed by atoms with Gasteiger partial charge in [0.15, 0.2) is 5.96 Å². The predicted molar refractivity (Wildman–Crippen MR) is 119 cm³/mol. The summed E-state index contributed by atoms with van der Waals surface area (Å²) in [7, 11) is -0.0590. The molecule has 2 aromatic rings. The van der Waals surface area contributed by atoms with Crippen molar-refractivity contribution in [2.24, 2.45) is 12.0 Å². The Balaban J connectivity index is 0.00000392. The van der Waals surface area contributed by atoms with E-state index in [1.165, 1.54) is 0 Å². The molecule has 0 atom stereocenters. The molecule has 0 aliphatic heterocycles. The summed E-state index contributed by atoms with van der Waals surface area (Å²) in [6.45, 7) is 5.25. The lowest BCUT2D eigenvalue weighted by Gasteiger charge is -2.12. The zero-order valence-electron chi connectivity index (χ0n) is 16.7. The summed E-state index contributed by atoms with van der Waals surface area (Å²) in [5.41, 5.74) is 1.98. The molecule has 0 spiro atoms. The number of aliphatic imine (C=N–C) groups is 1. The highest BCUT2D eigenvalue weighted by atomic mass is 127. The van der Waals surface area contributed by atoms with Crippen molar-refractivity contribution in [3.8, 4) is 0 Å². The van der Waals surface area contributed by atoms with Crippen molar-refractivity contribution >= 4 is 40.0 Å². The highest BCUT2D eigenvalue weighted by Gasteiger charge is 2.15. The summed E-state index contributed by atoms with van der Waals surface area (Å²) < 4.78 is 33.9. The number of aromatic nitrogens is 2. The summed E-state index contributed by atoms with van der Waals surface area (Å²) in [5.74, 6) is 1.45. The second-order valence-corrected chi connectivity index (χ2v) is 7.77. The number of aryl methyl sites for hydroxylation is 3. The van der Waals surface area contributed by atoms with Gasteiger partial charge in [-0.25, -0.2) is 13.1 Å². The van der Waals surface area contributed by atoms with E-state index in [9.17, 15) is 8.42 Å². The number of hydrogen-bond acceptors (Lipinski definition) is 5. The number of rotatable bonds is 9. The zero-order chi connectivity index (χ0) is 19.9. The van der Waals surface area contributed by atoms with Crippen LogP contribution in [-0.4, -0.2) is 44.2 Å². The van der Waals surface area contributed by atoms with Crippen LogP contribution in [0.5, 0.6) is 0 Å². The van der Waals surface area contributed by atoms with Gasteiger partial charge in [-0.05, 0) is 12.5 Å². The molecule has 0 fully saturated rings. The van der Waals surface area contributed by atoms with Crippen molar-refractivity contribution in [1.82, 2.24) is 25.1 Å². The fourth-order valence-corrected chi connectivity index (χ4v) is 3.70. The Morgan fingerprint density at radius 1 is 1.25 bits per heavy atom. The Bertz CT molecular complexity index is 854. The molecule has 0 saturated heterocycles. The minimum absolute atomic E-state index is 0. The third-order valence-electron chi connectivity index (χ3n) is 4.09. The van der Waals surface area contributed by atoms with Gasteiger partial charge in [0.05, 0.1) is 10.6 Å². The molecule has 158 valence electrons. The molecular weight excluding hydrogens is 495 g/mol. The quantitative estimate of drug-likeness (QED) is 0.198.